The first-order chi connectivity index (χ1) is 17.4. The molecule has 1 nitrogen and oxygen atoms in total. The predicted molar refractivity (Wildman–Crippen MR) is 166 cm³/mol. The average molecular weight is 510 g/mol. The van der Waals surface area contributed by atoms with Gasteiger partial charge in [-0.05, 0) is 51.8 Å². The van der Waals surface area contributed by atoms with Crippen molar-refractivity contribution in [2.45, 2.75) is 149 Å². The third kappa shape index (κ3) is 11.9. The van der Waals surface area contributed by atoms with E-state index in [1.54, 1.807) is 5.19 Å². The molecule has 0 radical (unpaired) electrons. The highest BCUT2D eigenvalue weighted by molar-refractivity contribution is 6.71. The van der Waals surface area contributed by atoms with Gasteiger partial charge in [0, 0.05) is 0 Å². The monoisotopic (exact) mass is 509 g/mol. The Labute approximate surface area is 227 Å². The van der Waals surface area contributed by atoms with Crippen molar-refractivity contribution in [1.29, 1.82) is 0 Å². The van der Waals surface area contributed by atoms with Crippen LogP contribution in [0.1, 0.15) is 130 Å². The molecule has 1 aliphatic carbocycles. The minimum atomic E-state index is -0.674. The van der Waals surface area contributed by atoms with Gasteiger partial charge in [-0.1, -0.05) is 156 Å². The Balaban J connectivity index is 1.27. The summed E-state index contributed by atoms with van der Waals surface area (Å²) in [6, 6.07) is 12.7. The Kier molecular flexibility index (Phi) is 15.7. The molecule has 0 amide bonds. The van der Waals surface area contributed by atoms with Gasteiger partial charge in [0.15, 0.2) is 0 Å². The second-order valence-electron chi connectivity index (χ2n) is 12.0. The van der Waals surface area contributed by atoms with Crippen molar-refractivity contribution in [1.82, 2.24) is 5.32 Å². The molecule has 0 aromatic heterocycles. The van der Waals surface area contributed by atoms with Gasteiger partial charge in [-0.25, -0.2) is 0 Å². The highest BCUT2D eigenvalue weighted by Crippen LogP contribution is 2.33. The van der Waals surface area contributed by atoms with Crippen LogP contribution in [0.25, 0.3) is 0 Å². The second kappa shape index (κ2) is 18.2. The summed E-state index contributed by atoms with van der Waals surface area (Å²) in [6.45, 7) is 12.8. The van der Waals surface area contributed by atoms with Crippen molar-refractivity contribution >= 4 is 14.0 Å². The molecule has 1 aromatic carbocycles. The van der Waals surface area contributed by atoms with E-state index in [4.69, 9.17) is 0 Å². The lowest BCUT2D eigenvalue weighted by Crippen LogP contribution is -2.41. The van der Waals surface area contributed by atoms with Gasteiger partial charge < -0.3 is 5.32 Å². The summed E-state index contributed by atoms with van der Waals surface area (Å²) in [5, 5.41) is 5.44. The second-order valence-corrected chi connectivity index (χ2v) is 15.0. The minimum absolute atomic E-state index is 0.0941. The third-order valence-corrected chi connectivity index (χ3v) is 11.7. The summed E-state index contributed by atoms with van der Waals surface area (Å²) < 4.78 is 0. The number of benzene rings is 1. The number of nitrogens with one attached hydrogen (secondary N) is 1. The maximum absolute atomic E-state index is 3.80. The molecule has 2 atom stereocenters. The van der Waals surface area contributed by atoms with Gasteiger partial charge in [0.05, 0.1) is 14.3 Å². The lowest BCUT2D eigenvalue weighted by Gasteiger charge is -2.26. The van der Waals surface area contributed by atoms with E-state index in [0.29, 0.717) is 0 Å². The average Bonchev–Trinajstić information content (AvgIpc) is 3.08. The molecule has 0 spiro atoms. The number of unbranched alkanes of at least 4 members (excludes halogenated alkanes) is 15. The maximum Gasteiger partial charge on any atom is 0.0677 e. The van der Waals surface area contributed by atoms with Crippen LogP contribution in [0.15, 0.2) is 53.1 Å². The zero-order valence-electron chi connectivity index (χ0n) is 24.8. The largest absolute Gasteiger partial charge is 0.305 e. The summed E-state index contributed by atoms with van der Waals surface area (Å²) in [4.78, 5) is 0. The predicted octanol–water partition coefficient (Wildman–Crippen LogP) is 9.64. The Morgan fingerprint density at radius 3 is 1.53 bits per heavy atom. The fourth-order valence-corrected chi connectivity index (χ4v) is 7.98. The molecule has 0 heterocycles. The summed E-state index contributed by atoms with van der Waals surface area (Å²) in [7, 11) is -0.674. The van der Waals surface area contributed by atoms with Crippen LogP contribution in [0, 0.1) is 0 Å². The van der Waals surface area contributed by atoms with Crippen LogP contribution in [-0.2, 0) is 0 Å². The SMILES string of the molecule is CC1=CC(C)(NCCCCCCCCCCCCCCCCCC[SiH](C)c2ccccc2)C(C)=C1C. The Morgan fingerprint density at radius 2 is 1.08 bits per heavy atom. The highest BCUT2D eigenvalue weighted by Gasteiger charge is 2.29. The topological polar surface area (TPSA) is 12.0 Å². The van der Waals surface area contributed by atoms with Crippen LogP contribution >= 0.6 is 0 Å². The Bertz CT molecular complexity index is 765. The third-order valence-electron chi connectivity index (χ3n) is 8.86. The molecule has 0 aliphatic heterocycles. The first-order valence-electron chi connectivity index (χ1n) is 15.6. The number of rotatable bonds is 21. The molecule has 2 heteroatoms. The lowest BCUT2D eigenvalue weighted by molar-refractivity contribution is 0.476. The van der Waals surface area contributed by atoms with Crippen LogP contribution in [-0.4, -0.2) is 20.9 Å². The van der Waals surface area contributed by atoms with E-state index in [-0.39, 0.29) is 5.54 Å². The zero-order valence-corrected chi connectivity index (χ0v) is 25.9. The van der Waals surface area contributed by atoms with E-state index in [1.165, 1.54) is 125 Å². The van der Waals surface area contributed by atoms with Gasteiger partial charge in [0.2, 0.25) is 0 Å². The maximum atomic E-state index is 3.80. The van der Waals surface area contributed by atoms with E-state index in [1.807, 2.05) is 0 Å². The van der Waals surface area contributed by atoms with Gasteiger partial charge in [0.1, 0.15) is 0 Å². The number of hydrogen-bond acceptors (Lipinski definition) is 1. The van der Waals surface area contributed by atoms with E-state index in [9.17, 15) is 0 Å². The molecule has 0 fully saturated rings. The lowest BCUT2D eigenvalue weighted by atomic mass is 9.95. The fourth-order valence-electron chi connectivity index (χ4n) is 5.87. The molecule has 2 unspecified atom stereocenters. The minimum Gasteiger partial charge on any atom is -0.305 e. The summed E-state index contributed by atoms with van der Waals surface area (Å²) in [6.07, 6.45) is 25.4. The van der Waals surface area contributed by atoms with Crippen LogP contribution in [0.2, 0.25) is 12.6 Å². The molecule has 204 valence electrons. The fraction of sp³-hybridized carbons (Fsp3) is 0.706. The van der Waals surface area contributed by atoms with Crippen molar-refractivity contribution in [3.63, 3.8) is 0 Å². The number of hydrogen-bond donors (Lipinski definition) is 1. The molecular formula is C34H59NSi. The number of allylic oxidation sites excluding steroid dienone is 2. The van der Waals surface area contributed by atoms with E-state index >= 15 is 0 Å². The Hall–Kier alpha value is -1.12. The van der Waals surface area contributed by atoms with Crippen LogP contribution in [0.5, 0.6) is 0 Å². The van der Waals surface area contributed by atoms with Crippen molar-refractivity contribution in [3.8, 4) is 0 Å². The summed E-state index contributed by atoms with van der Waals surface area (Å²) in [5.74, 6) is 0. The summed E-state index contributed by atoms with van der Waals surface area (Å²) in [5.41, 5.74) is 4.51. The van der Waals surface area contributed by atoms with Crippen molar-refractivity contribution in [2.24, 2.45) is 0 Å². The van der Waals surface area contributed by atoms with E-state index in [0.717, 1.165) is 6.54 Å². The Morgan fingerprint density at radius 1 is 0.639 bits per heavy atom. The van der Waals surface area contributed by atoms with E-state index < -0.39 is 8.80 Å². The van der Waals surface area contributed by atoms with Crippen molar-refractivity contribution < 1.29 is 0 Å². The highest BCUT2D eigenvalue weighted by atomic mass is 28.3. The molecule has 2 rings (SSSR count). The van der Waals surface area contributed by atoms with Crippen LogP contribution < -0.4 is 10.5 Å². The van der Waals surface area contributed by atoms with Crippen molar-refractivity contribution in [2.75, 3.05) is 6.54 Å². The van der Waals surface area contributed by atoms with Gasteiger partial charge >= 0.3 is 0 Å². The molecule has 1 aliphatic rings. The standard InChI is InChI=1S/C34H59NSi/c1-30-29-34(4,32(3)31(30)2)35-27-23-18-16-14-12-10-8-6-7-9-11-13-15-17-19-24-28-36(5)33-25-21-20-22-26-33/h20-22,25-26,29,35-36H,6-19,23-24,27-28H2,1-5H3. The molecular weight excluding hydrogens is 450 g/mol. The van der Waals surface area contributed by atoms with Crippen molar-refractivity contribution in [3.05, 3.63) is 53.1 Å². The first-order valence-corrected chi connectivity index (χ1v) is 18.2. The van der Waals surface area contributed by atoms with Gasteiger partial charge in [-0.2, -0.15) is 0 Å². The summed E-state index contributed by atoms with van der Waals surface area (Å²) >= 11 is 0. The van der Waals surface area contributed by atoms with Gasteiger partial charge in [-0.15, -0.1) is 0 Å². The molecule has 0 bridgehead atoms. The normalized spacial score (nSPS) is 18.6. The van der Waals surface area contributed by atoms with Crippen LogP contribution in [0.3, 0.4) is 0 Å². The molecule has 36 heavy (non-hydrogen) atoms. The van der Waals surface area contributed by atoms with Crippen LogP contribution in [0.4, 0.5) is 0 Å². The van der Waals surface area contributed by atoms with Gasteiger partial charge in [-0.3, -0.25) is 0 Å². The quantitative estimate of drug-likeness (QED) is 0.128. The smallest absolute Gasteiger partial charge is 0.0677 e. The van der Waals surface area contributed by atoms with Gasteiger partial charge in [0.25, 0.3) is 0 Å². The molecule has 1 aromatic rings. The zero-order chi connectivity index (χ0) is 26.1. The molecule has 0 saturated carbocycles. The molecule has 0 saturated heterocycles. The first kappa shape index (κ1) is 31.1. The molecule has 1 N–H and O–H groups in total. The van der Waals surface area contributed by atoms with E-state index in [2.05, 4.69) is 76.0 Å².